The first kappa shape index (κ1) is 37.3. The van der Waals surface area contributed by atoms with Crippen molar-refractivity contribution in [1.82, 2.24) is 0 Å². The highest BCUT2D eigenvalue weighted by atomic mass is 32.1. The molecule has 0 aliphatic heterocycles. The fourth-order valence-corrected chi connectivity index (χ4v) is 10.9. The molecule has 0 aliphatic rings. The lowest BCUT2D eigenvalue weighted by Gasteiger charge is -2.31. The van der Waals surface area contributed by atoms with Crippen LogP contribution in [0, 0.1) is 6.92 Å². The first-order valence-electron chi connectivity index (χ1n) is 20.3. The minimum atomic E-state index is 0.987. The van der Waals surface area contributed by atoms with Crippen LogP contribution in [-0.4, -0.2) is 0 Å². The lowest BCUT2D eigenvalue weighted by molar-refractivity contribution is 1.22. The number of fused-ring (bicyclic) bond motifs is 7. The Bertz CT molecular complexity index is 3330. The van der Waals surface area contributed by atoms with E-state index in [-0.39, 0.29) is 0 Å². The molecule has 10 aromatic rings. The Morgan fingerprint density at radius 2 is 1.08 bits per heavy atom. The van der Waals surface area contributed by atoms with E-state index >= 15 is 0 Å². The van der Waals surface area contributed by atoms with Gasteiger partial charge in [0.2, 0.25) is 0 Å². The molecule has 2 aromatic heterocycles. The Balaban J connectivity index is 1.27. The predicted molar refractivity (Wildman–Crippen MR) is 267 cm³/mol. The van der Waals surface area contributed by atoms with E-state index in [1.54, 1.807) is 0 Å². The van der Waals surface area contributed by atoms with Crippen molar-refractivity contribution in [2.45, 2.75) is 13.8 Å². The Kier molecular flexibility index (Phi) is 9.73. The lowest BCUT2D eigenvalue weighted by atomic mass is 9.90. The summed E-state index contributed by atoms with van der Waals surface area (Å²) in [6, 6.07) is 59.3. The van der Waals surface area contributed by atoms with E-state index < -0.39 is 0 Å². The van der Waals surface area contributed by atoms with Crippen molar-refractivity contribution < 1.29 is 0 Å². The molecule has 0 N–H and O–H groups in total. The van der Waals surface area contributed by atoms with Crippen LogP contribution < -0.4 is 9.80 Å². The molecule has 10 rings (SSSR count). The Hall–Kier alpha value is -6.98. The van der Waals surface area contributed by atoms with Crippen molar-refractivity contribution in [1.29, 1.82) is 0 Å². The van der Waals surface area contributed by atoms with Gasteiger partial charge in [0.25, 0.3) is 0 Å². The summed E-state index contributed by atoms with van der Waals surface area (Å²) in [7, 11) is 0. The smallest absolute Gasteiger partial charge is 0.0546 e. The van der Waals surface area contributed by atoms with Crippen molar-refractivity contribution in [2.24, 2.45) is 0 Å². The molecule has 0 spiro atoms. The van der Waals surface area contributed by atoms with E-state index in [0.717, 1.165) is 61.4 Å². The Labute approximate surface area is 359 Å². The normalized spacial score (nSPS) is 12.0. The maximum absolute atomic E-state index is 4.50. The first-order valence-corrected chi connectivity index (χ1v) is 21.9. The molecule has 0 atom stereocenters. The molecule has 0 saturated carbocycles. The molecule has 60 heavy (non-hydrogen) atoms. The van der Waals surface area contributed by atoms with E-state index in [9.17, 15) is 0 Å². The van der Waals surface area contributed by atoms with Crippen LogP contribution in [0.1, 0.15) is 28.5 Å². The zero-order chi connectivity index (χ0) is 40.7. The van der Waals surface area contributed by atoms with Crippen molar-refractivity contribution in [3.63, 3.8) is 0 Å². The molecule has 2 nitrogen and oxygen atoms in total. The summed E-state index contributed by atoms with van der Waals surface area (Å²) in [5.74, 6) is 0. The van der Waals surface area contributed by atoms with E-state index in [1.807, 2.05) is 34.8 Å². The molecule has 288 valence electrons. The number of hydrogen-bond acceptors (Lipinski definition) is 4. The van der Waals surface area contributed by atoms with Gasteiger partial charge >= 0.3 is 0 Å². The lowest BCUT2D eigenvalue weighted by Crippen LogP contribution is -2.17. The zero-order valence-corrected chi connectivity index (χ0v) is 35.2. The van der Waals surface area contributed by atoms with Gasteiger partial charge in [-0.05, 0) is 120 Å². The second-order valence-electron chi connectivity index (χ2n) is 14.9. The van der Waals surface area contributed by atoms with Crippen LogP contribution in [0.5, 0.6) is 0 Å². The largest absolute Gasteiger partial charge is 0.310 e. The molecular weight excluding hydrogens is 765 g/mol. The molecule has 0 radical (unpaired) electrons. The third kappa shape index (κ3) is 6.33. The van der Waals surface area contributed by atoms with Gasteiger partial charge in [-0.3, -0.25) is 0 Å². The van der Waals surface area contributed by atoms with Crippen molar-refractivity contribution in [3.8, 4) is 0 Å². The van der Waals surface area contributed by atoms with Gasteiger partial charge in [0.15, 0.2) is 0 Å². The number of rotatable bonds is 10. The second-order valence-corrected chi connectivity index (χ2v) is 17.3. The predicted octanol–water partition coefficient (Wildman–Crippen LogP) is 17.4. The molecular formula is C56H42N2S2. The highest BCUT2D eigenvalue weighted by Crippen LogP contribution is 2.48. The van der Waals surface area contributed by atoms with Crippen LogP contribution in [0.3, 0.4) is 0 Å². The summed E-state index contributed by atoms with van der Waals surface area (Å²) in [6.45, 7) is 13.2. The molecule has 0 saturated heterocycles. The third-order valence-corrected chi connectivity index (χ3v) is 13.7. The Morgan fingerprint density at radius 3 is 1.78 bits per heavy atom. The van der Waals surface area contributed by atoms with Crippen LogP contribution >= 0.6 is 22.7 Å². The number of nitrogens with zero attached hydrogens (tertiary/aromatic N) is 2. The minimum Gasteiger partial charge on any atom is -0.310 e. The molecule has 0 fully saturated rings. The summed E-state index contributed by atoms with van der Waals surface area (Å²) >= 11 is 3.68. The Morgan fingerprint density at radius 1 is 0.483 bits per heavy atom. The fraction of sp³-hybridized carbons (Fsp3) is 0.0357. The highest BCUT2D eigenvalue weighted by Gasteiger charge is 2.24. The van der Waals surface area contributed by atoms with Gasteiger partial charge in [0.05, 0.1) is 11.4 Å². The van der Waals surface area contributed by atoms with Gasteiger partial charge in [0, 0.05) is 68.8 Å². The van der Waals surface area contributed by atoms with E-state index in [4.69, 9.17) is 0 Å². The molecule has 8 aromatic carbocycles. The molecule has 0 bridgehead atoms. The molecule has 2 heterocycles. The van der Waals surface area contributed by atoms with E-state index in [2.05, 4.69) is 219 Å². The van der Waals surface area contributed by atoms with Crippen LogP contribution in [0.2, 0.25) is 0 Å². The number of hydrogen-bond donors (Lipinski definition) is 0. The molecule has 0 amide bonds. The molecule has 4 heteroatoms. The standard InChI is InChI=1S/C56H42N2S2/c1-5-20-44-42(7-3)49-35-53(58(40-23-12-9-13-24-40)41-31-32-56-51(34-41)47-28-17-19-30-55(47)60-56)45-26-15-14-25-43(45)50(49)36-52(44)57(39-21-10-8-11-22-39)38(6-2)33-48-37(4)59-54-29-18-16-27-46(48)54/h5-36H,2-3H2,1,4H3/b20-5-,38-33+. The number of aryl methyl sites for hydroxylation is 1. The summed E-state index contributed by atoms with van der Waals surface area (Å²) < 4.78 is 3.86. The first-order chi connectivity index (χ1) is 29.6. The van der Waals surface area contributed by atoms with Gasteiger partial charge in [-0.25, -0.2) is 0 Å². The van der Waals surface area contributed by atoms with Crippen molar-refractivity contribution in [3.05, 3.63) is 216 Å². The highest BCUT2D eigenvalue weighted by molar-refractivity contribution is 7.25. The maximum Gasteiger partial charge on any atom is 0.0546 e. The minimum absolute atomic E-state index is 0.987. The van der Waals surface area contributed by atoms with Crippen LogP contribution in [0.15, 0.2) is 195 Å². The number of para-hydroxylation sites is 2. The number of thiophene rings is 2. The van der Waals surface area contributed by atoms with Gasteiger partial charge in [0.1, 0.15) is 0 Å². The summed E-state index contributed by atoms with van der Waals surface area (Å²) in [5, 5.41) is 8.42. The van der Waals surface area contributed by atoms with Gasteiger partial charge < -0.3 is 9.80 Å². The molecule has 0 aliphatic carbocycles. The number of allylic oxidation sites excluding steroid dienone is 2. The van der Waals surface area contributed by atoms with Crippen molar-refractivity contribution >= 4 is 121 Å². The summed E-state index contributed by atoms with van der Waals surface area (Å²) in [5.41, 5.74) is 9.78. The summed E-state index contributed by atoms with van der Waals surface area (Å²) in [6.07, 6.45) is 10.7. The maximum atomic E-state index is 4.50. The van der Waals surface area contributed by atoms with Gasteiger partial charge in [-0.1, -0.05) is 128 Å². The number of anilines is 5. The van der Waals surface area contributed by atoms with Crippen LogP contribution in [0.4, 0.5) is 28.4 Å². The SMILES string of the molecule is C=C/C(=C\c1c(C)sc2ccccc12)N(c1ccccc1)c1cc2c(cc(N(c3ccccc3)c3ccc4sc5ccccc5c4c3)c3ccccc32)c(C=C)c1/C=C\C. The second kappa shape index (κ2) is 15.6. The van der Waals surface area contributed by atoms with E-state index in [1.165, 1.54) is 46.1 Å². The van der Waals surface area contributed by atoms with Crippen LogP contribution in [0.25, 0.3) is 70.0 Å². The topological polar surface area (TPSA) is 6.48 Å². The average molecular weight is 807 g/mol. The molecule has 0 unspecified atom stereocenters. The fourth-order valence-electron chi connectivity index (χ4n) is 8.78. The monoisotopic (exact) mass is 806 g/mol. The van der Waals surface area contributed by atoms with Crippen LogP contribution in [-0.2, 0) is 0 Å². The average Bonchev–Trinajstić information content (AvgIpc) is 3.83. The zero-order valence-electron chi connectivity index (χ0n) is 33.6. The van der Waals surface area contributed by atoms with Gasteiger partial charge in [-0.15, -0.1) is 22.7 Å². The van der Waals surface area contributed by atoms with Gasteiger partial charge in [-0.2, -0.15) is 0 Å². The quantitative estimate of drug-likeness (QED) is 0.100. The van der Waals surface area contributed by atoms with Crippen molar-refractivity contribution in [2.75, 3.05) is 9.80 Å². The summed E-state index contributed by atoms with van der Waals surface area (Å²) in [4.78, 5) is 6.06. The third-order valence-electron chi connectivity index (χ3n) is 11.4. The number of benzene rings is 8. The van der Waals surface area contributed by atoms with E-state index in [0.29, 0.717) is 0 Å².